The second kappa shape index (κ2) is 6.67. The number of para-hydroxylation sites is 1. The number of hydrogen-bond acceptors (Lipinski definition) is 3. The molecule has 1 aliphatic rings. The molecule has 0 N–H and O–H groups in total. The van der Waals surface area contributed by atoms with E-state index in [1.807, 2.05) is 33.7 Å². The van der Waals surface area contributed by atoms with Gasteiger partial charge < -0.3 is 14.2 Å². The summed E-state index contributed by atoms with van der Waals surface area (Å²) in [6, 6.07) is 8.14. The Balaban J connectivity index is 1.92. The number of ether oxygens (including phenoxy) is 1. The van der Waals surface area contributed by atoms with E-state index >= 15 is 0 Å². The maximum atomic E-state index is 12.9. The van der Waals surface area contributed by atoms with Crippen molar-refractivity contribution in [2.24, 2.45) is 0 Å². The molecule has 0 unspecified atom stereocenters. The van der Waals surface area contributed by atoms with Gasteiger partial charge in [-0.15, -0.1) is 0 Å². The smallest absolute Gasteiger partial charge is 0.340 e. The molecule has 2 atom stereocenters. The number of fused-ring (bicyclic) bond motifs is 1. The quantitative estimate of drug-likeness (QED) is 0.813. The fourth-order valence-corrected chi connectivity index (χ4v) is 3.79. The van der Waals surface area contributed by atoms with Crippen molar-refractivity contribution in [1.82, 2.24) is 9.47 Å². The number of rotatable bonds is 3. The molecule has 0 saturated carbocycles. The molecule has 2 heterocycles. The molecule has 0 bridgehead atoms. The first kappa shape index (κ1) is 16.6. The van der Waals surface area contributed by atoms with Crippen molar-refractivity contribution in [3.8, 4) is 0 Å². The van der Waals surface area contributed by atoms with E-state index in [1.165, 1.54) is 13.5 Å². The van der Waals surface area contributed by atoms with Gasteiger partial charge in [0.1, 0.15) is 6.54 Å². The molecule has 1 aromatic carbocycles. The van der Waals surface area contributed by atoms with Crippen molar-refractivity contribution in [2.45, 2.75) is 51.7 Å². The Labute approximate surface area is 142 Å². The van der Waals surface area contributed by atoms with Gasteiger partial charge in [-0.2, -0.15) is 0 Å². The molecular weight excluding hydrogens is 304 g/mol. The lowest BCUT2D eigenvalue weighted by Crippen LogP contribution is -2.48. The number of aromatic nitrogens is 1. The highest BCUT2D eigenvalue weighted by Crippen LogP contribution is 2.25. The molecule has 5 heteroatoms. The fourth-order valence-electron chi connectivity index (χ4n) is 3.79. The summed E-state index contributed by atoms with van der Waals surface area (Å²) in [6.45, 7) is 4.47. The normalized spacial score (nSPS) is 21.0. The van der Waals surface area contributed by atoms with Crippen LogP contribution in [0.4, 0.5) is 0 Å². The molecule has 1 aromatic heterocycles. The van der Waals surface area contributed by atoms with Gasteiger partial charge in [0.2, 0.25) is 5.91 Å². The summed E-state index contributed by atoms with van der Waals surface area (Å²) in [4.78, 5) is 26.9. The molecule has 0 radical (unpaired) electrons. The Morgan fingerprint density at radius 3 is 2.50 bits per heavy atom. The van der Waals surface area contributed by atoms with Gasteiger partial charge in [0.15, 0.2) is 0 Å². The van der Waals surface area contributed by atoms with Gasteiger partial charge in [0.25, 0.3) is 0 Å². The summed E-state index contributed by atoms with van der Waals surface area (Å²) >= 11 is 0. The van der Waals surface area contributed by atoms with Crippen LogP contribution in [0, 0.1) is 0 Å². The minimum Gasteiger partial charge on any atom is -0.465 e. The molecule has 24 heavy (non-hydrogen) atoms. The Kier molecular flexibility index (Phi) is 4.60. The molecule has 1 saturated heterocycles. The van der Waals surface area contributed by atoms with Crippen molar-refractivity contribution in [2.75, 3.05) is 7.11 Å². The topological polar surface area (TPSA) is 51.5 Å². The number of carbonyl (C=O) groups excluding carboxylic acids is 2. The number of benzene rings is 1. The molecule has 0 aliphatic carbocycles. The Bertz CT molecular complexity index is 755. The molecule has 1 aliphatic heterocycles. The van der Waals surface area contributed by atoms with Crippen molar-refractivity contribution in [1.29, 1.82) is 0 Å². The van der Waals surface area contributed by atoms with Gasteiger partial charge in [-0.3, -0.25) is 4.79 Å². The number of piperidine rings is 1. The van der Waals surface area contributed by atoms with Crippen molar-refractivity contribution < 1.29 is 14.3 Å². The largest absolute Gasteiger partial charge is 0.465 e. The highest BCUT2D eigenvalue weighted by molar-refractivity contribution is 6.04. The lowest BCUT2D eigenvalue weighted by atomic mass is 9.97. The van der Waals surface area contributed by atoms with Gasteiger partial charge in [-0.25, -0.2) is 4.79 Å². The molecule has 5 nitrogen and oxygen atoms in total. The van der Waals surface area contributed by atoms with E-state index in [0.717, 1.165) is 23.7 Å². The summed E-state index contributed by atoms with van der Waals surface area (Å²) in [6.07, 6.45) is 5.00. The fraction of sp³-hybridized carbons (Fsp3) is 0.474. The van der Waals surface area contributed by atoms with Crippen LogP contribution in [0.1, 0.15) is 43.5 Å². The first-order valence-corrected chi connectivity index (χ1v) is 8.50. The average Bonchev–Trinajstić information content (AvgIpc) is 2.93. The van der Waals surface area contributed by atoms with Gasteiger partial charge in [-0.1, -0.05) is 18.2 Å². The van der Waals surface area contributed by atoms with Crippen LogP contribution in [0.15, 0.2) is 30.5 Å². The zero-order chi connectivity index (χ0) is 17.3. The third-order valence-corrected chi connectivity index (χ3v) is 4.98. The minimum absolute atomic E-state index is 0.104. The highest BCUT2D eigenvalue weighted by Gasteiger charge is 2.29. The van der Waals surface area contributed by atoms with E-state index in [-0.39, 0.29) is 30.5 Å². The van der Waals surface area contributed by atoms with Gasteiger partial charge in [0.05, 0.1) is 12.7 Å². The summed E-state index contributed by atoms with van der Waals surface area (Å²) in [5, 5.41) is 0.817. The van der Waals surface area contributed by atoms with Crippen LogP contribution < -0.4 is 0 Å². The van der Waals surface area contributed by atoms with Crippen LogP contribution in [-0.4, -0.2) is 40.5 Å². The van der Waals surface area contributed by atoms with Crippen LogP contribution in [0.5, 0.6) is 0 Å². The number of hydrogen-bond donors (Lipinski definition) is 0. The average molecular weight is 328 g/mol. The van der Waals surface area contributed by atoms with Crippen LogP contribution in [0.2, 0.25) is 0 Å². The van der Waals surface area contributed by atoms with Gasteiger partial charge in [-0.05, 0) is 39.2 Å². The van der Waals surface area contributed by atoms with Crippen molar-refractivity contribution in [3.05, 3.63) is 36.0 Å². The second-order valence-electron chi connectivity index (χ2n) is 6.61. The SMILES string of the molecule is COC(=O)c1cn(CC(=O)N2[C@H](C)CCC[C@H]2C)c2ccccc12. The number of methoxy groups -OCH3 is 1. The van der Waals surface area contributed by atoms with E-state index in [9.17, 15) is 9.59 Å². The molecule has 2 aromatic rings. The summed E-state index contributed by atoms with van der Waals surface area (Å²) < 4.78 is 6.72. The zero-order valence-corrected chi connectivity index (χ0v) is 14.5. The van der Waals surface area contributed by atoms with E-state index < -0.39 is 0 Å². The highest BCUT2D eigenvalue weighted by atomic mass is 16.5. The first-order valence-electron chi connectivity index (χ1n) is 8.50. The Hall–Kier alpha value is -2.30. The lowest BCUT2D eigenvalue weighted by Gasteiger charge is -2.39. The number of nitrogens with zero attached hydrogens (tertiary/aromatic N) is 2. The van der Waals surface area contributed by atoms with E-state index in [0.29, 0.717) is 5.56 Å². The molecule has 1 fully saturated rings. The maximum absolute atomic E-state index is 12.9. The van der Waals surface area contributed by atoms with E-state index in [1.54, 1.807) is 6.20 Å². The van der Waals surface area contributed by atoms with E-state index in [2.05, 4.69) is 13.8 Å². The van der Waals surface area contributed by atoms with Crippen LogP contribution in [-0.2, 0) is 16.1 Å². The summed E-state index contributed by atoms with van der Waals surface area (Å²) in [7, 11) is 1.37. The van der Waals surface area contributed by atoms with Gasteiger partial charge in [0, 0.05) is 29.2 Å². The van der Waals surface area contributed by atoms with Crippen LogP contribution >= 0.6 is 0 Å². The maximum Gasteiger partial charge on any atom is 0.340 e. The standard InChI is InChI=1S/C19H24N2O3/c1-13-7-6-8-14(2)21(13)18(22)12-20-11-16(19(23)24-3)15-9-4-5-10-17(15)20/h4-5,9-11,13-14H,6-8,12H2,1-3H3/t13-,14-/m1/s1. The van der Waals surface area contributed by atoms with Crippen molar-refractivity contribution >= 4 is 22.8 Å². The van der Waals surface area contributed by atoms with Crippen LogP contribution in [0.3, 0.4) is 0 Å². The zero-order valence-electron chi connectivity index (χ0n) is 14.5. The van der Waals surface area contributed by atoms with Crippen molar-refractivity contribution in [3.63, 3.8) is 0 Å². The number of likely N-dealkylation sites (tertiary alicyclic amines) is 1. The number of amides is 1. The summed E-state index contributed by atoms with van der Waals surface area (Å²) in [5.41, 5.74) is 1.38. The van der Waals surface area contributed by atoms with Crippen LogP contribution in [0.25, 0.3) is 10.9 Å². The number of esters is 1. The predicted molar refractivity (Wildman–Crippen MR) is 92.9 cm³/mol. The second-order valence-corrected chi connectivity index (χ2v) is 6.61. The lowest BCUT2D eigenvalue weighted by molar-refractivity contribution is -0.137. The van der Waals surface area contributed by atoms with E-state index in [4.69, 9.17) is 4.74 Å². The molecule has 0 spiro atoms. The Morgan fingerprint density at radius 1 is 1.17 bits per heavy atom. The monoisotopic (exact) mass is 328 g/mol. The van der Waals surface area contributed by atoms with Gasteiger partial charge >= 0.3 is 5.97 Å². The Morgan fingerprint density at radius 2 is 1.83 bits per heavy atom. The molecule has 128 valence electrons. The number of carbonyl (C=O) groups is 2. The molecule has 1 amide bonds. The predicted octanol–water partition coefficient (Wildman–Crippen LogP) is 3.22. The molecular formula is C19H24N2O3. The molecule has 3 rings (SSSR count). The third kappa shape index (κ3) is 2.90. The summed E-state index contributed by atoms with van der Waals surface area (Å²) in [5.74, 6) is -0.274. The third-order valence-electron chi connectivity index (χ3n) is 4.98. The first-order chi connectivity index (χ1) is 11.5. The minimum atomic E-state index is -0.378.